The molecule has 0 aliphatic carbocycles. The van der Waals surface area contributed by atoms with Gasteiger partial charge in [-0.25, -0.2) is 13.6 Å². The van der Waals surface area contributed by atoms with Crippen molar-refractivity contribution in [2.24, 2.45) is 7.05 Å². The van der Waals surface area contributed by atoms with Crippen LogP contribution < -0.4 is 15.7 Å². The topological polar surface area (TPSA) is 98.4 Å². The molecule has 2 aromatic carbocycles. The number of nitrogens with zero attached hydrogens (tertiary/aromatic N) is 3. The van der Waals surface area contributed by atoms with Gasteiger partial charge in [-0.15, -0.1) is 5.10 Å². The maximum Gasteiger partial charge on any atom is 0.425 e. The lowest BCUT2D eigenvalue weighted by Crippen LogP contribution is -2.32. The van der Waals surface area contributed by atoms with Crippen LogP contribution >= 0.6 is 11.6 Å². The van der Waals surface area contributed by atoms with Crippen LogP contribution in [-0.2, 0) is 13.7 Å². The second-order valence-corrected chi connectivity index (χ2v) is 7.39. The van der Waals surface area contributed by atoms with E-state index in [2.05, 4.69) is 10.4 Å². The molecule has 0 spiro atoms. The number of ether oxygens (including phenoxy) is 1. The zero-order valence-electron chi connectivity index (χ0n) is 17.5. The van der Waals surface area contributed by atoms with Crippen LogP contribution in [0.2, 0.25) is 5.02 Å². The molecule has 1 atom stereocenters. The molecule has 0 radical (unpaired) electrons. The number of nitrogens with one attached hydrogen (secondary N) is 1. The summed E-state index contributed by atoms with van der Waals surface area (Å²) in [6.07, 6.45) is -7.30. The Balaban J connectivity index is 2.14. The van der Waals surface area contributed by atoms with E-state index >= 15 is 0 Å². The zero-order chi connectivity index (χ0) is 25.4. The smallest absolute Gasteiger partial charge is 0.425 e. The van der Waals surface area contributed by atoms with Crippen LogP contribution in [0.5, 0.6) is 5.75 Å². The Hall–Kier alpha value is -3.45. The number of anilines is 1. The Morgan fingerprint density at radius 1 is 1.26 bits per heavy atom. The molecule has 14 heteroatoms. The van der Waals surface area contributed by atoms with Crippen molar-refractivity contribution in [3.63, 3.8) is 0 Å². The van der Waals surface area contributed by atoms with Gasteiger partial charge in [0.2, 0.25) is 0 Å². The van der Waals surface area contributed by atoms with Crippen molar-refractivity contribution in [3.8, 4) is 11.4 Å². The predicted molar refractivity (Wildman–Crippen MR) is 110 cm³/mol. The van der Waals surface area contributed by atoms with E-state index in [4.69, 9.17) is 16.3 Å². The summed E-state index contributed by atoms with van der Waals surface area (Å²) in [5.74, 6) is -4.34. The molecule has 0 aliphatic heterocycles. The van der Waals surface area contributed by atoms with Crippen LogP contribution in [0.4, 0.5) is 27.6 Å². The molecular formula is C20H16ClF5N4O4. The number of benzene rings is 2. The van der Waals surface area contributed by atoms with Gasteiger partial charge < -0.3 is 15.2 Å². The van der Waals surface area contributed by atoms with Crippen molar-refractivity contribution in [3.05, 3.63) is 68.9 Å². The first-order valence-corrected chi connectivity index (χ1v) is 9.81. The van der Waals surface area contributed by atoms with Gasteiger partial charge in [-0.3, -0.25) is 9.36 Å². The second-order valence-electron chi connectivity index (χ2n) is 6.98. The SMILES string of the molecule is C[C@H](Oc1cc(-n2nc(CO)n(C)c2=O)c(F)cc1C(=O)Nc1c(F)cccc1Cl)C(F)(F)F. The number of carbonyl (C=O) groups excluding carboxylic acids is 1. The van der Waals surface area contributed by atoms with Gasteiger partial charge in [-0.1, -0.05) is 17.7 Å². The first kappa shape index (κ1) is 25.2. The van der Waals surface area contributed by atoms with Crippen LogP contribution in [0.15, 0.2) is 35.1 Å². The number of hydrogen-bond donors (Lipinski definition) is 2. The molecule has 1 amide bonds. The Morgan fingerprint density at radius 2 is 1.94 bits per heavy atom. The number of aliphatic hydroxyl groups excluding tert-OH is 1. The van der Waals surface area contributed by atoms with Crippen LogP contribution in [0.25, 0.3) is 5.69 Å². The van der Waals surface area contributed by atoms with E-state index in [9.17, 15) is 36.6 Å². The van der Waals surface area contributed by atoms with Crippen molar-refractivity contribution in [1.82, 2.24) is 14.3 Å². The number of amides is 1. The average Bonchev–Trinajstić information content (AvgIpc) is 3.04. The maximum atomic E-state index is 14.9. The van der Waals surface area contributed by atoms with Crippen molar-refractivity contribution in [2.75, 3.05) is 5.32 Å². The highest BCUT2D eigenvalue weighted by Gasteiger charge is 2.39. The fourth-order valence-corrected chi connectivity index (χ4v) is 3.02. The average molecular weight is 507 g/mol. The van der Waals surface area contributed by atoms with E-state index in [1.165, 1.54) is 19.2 Å². The van der Waals surface area contributed by atoms with Crippen LogP contribution in [-0.4, -0.2) is 37.6 Å². The molecule has 0 unspecified atom stereocenters. The maximum absolute atomic E-state index is 14.9. The lowest BCUT2D eigenvalue weighted by Gasteiger charge is -2.20. The predicted octanol–water partition coefficient (Wildman–Crippen LogP) is 3.58. The molecule has 1 heterocycles. The minimum atomic E-state index is -4.86. The van der Waals surface area contributed by atoms with E-state index < -0.39 is 64.8 Å². The van der Waals surface area contributed by atoms with Crippen molar-refractivity contribution in [1.29, 1.82) is 0 Å². The summed E-state index contributed by atoms with van der Waals surface area (Å²) in [4.78, 5) is 25.1. The number of halogens is 6. The minimum Gasteiger partial charge on any atom is -0.480 e. The molecule has 3 rings (SSSR count). The van der Waals surface area contributed by atoms with Crippen LogP contribution in [0.1, 0.15) is 23.1 Å². The number of aromatic nitrogens is 3. The molecule has 182 valence electrons. The third-order valence-corrected chi connectivity index (χ3v) is 5.01. The normalized spacial score (nSPS) is 12.5. The van der Waals surface area contributed by atoms with E-state index in [1.54, 1.807) is 0 Å². The number of alkyl halides is 3. The number of rotatable bonds is 6. The molecule has 0 saturated heterocycles. The molecule has 0 bridgehead atoms. The summed E-state index contributed by atoms with van der Waals surface area (Å²) in [6, 6.07) is 4.66. The fraction of sp³-hybridized carbons (Fsp3) is 0.250. The molecular weight excluding hydrogens is 491 g/mol. The summed E-state index contributed by atoms with van der Waals surface area (Å²) in [6.45, 7) is -0.0338. The van der Waals surface area contributed by atoms with E-state index in [0.717, 1.165) is 10.6 Å². The molecule has 0 saturated carbocycles. The molecule has 3 aromatic rings. The van der Waals surface area contributed by atoms with Crippen molar-refractivity contribution < 1.29 is 36.6 Å². The van der Waals surface area contributed by atoms with Crippen LogP contribution in [0, 0.1) is 11.6 Å². The Morgan fingerprint density at radius 3 is 2.50 bits per heavy atom. The Labute approximate surface area is 193 Å². The number of aliphatic hydroxyl groups is 1. The lowest BCUT2D eigenvalue weighted by atomic mass is 10.1. The summed E-state index contributed by atoms with van der Waals surface area (Å²) >= 11 is 5.85. The fourth-order valence-electron chi connectivity index (χ4n) is 2.81. The summed E-state index contributed by atoms with van der Waals surface area (Å²) in [5.41, 5.74) is -2.79. The highest BCUT2D eigenvalue weighted by Crippen LogP contribution is 2.32. The highest BCUT2D eigenvalue weighted by molar-refractivity contribution is 6.34. The second kappa shape index (κ2) is 9.43. The number of carbonyl (C=O) groups is 1. The highest BCUT2D eigenvalue weighted by atomic mass is 35.5. The van der Waals surface area contributed by atoms with E-state index in [0.29, 0.717) is 23.7 Å². The first-order valence-electron chi connectivity index (χ1n) is 9.43. The summed E-state index contributed by atoms with van der Waals surface area (Å²) < 4.78 is 74.6. The third kappa shape index (κ3) is 4.89. The van der Waals surface area contributed by atoms with Gasteiger partial charge >= 0.3 is 11.9 Å². The first-order chi connectivity index (χ1) is 15.8. The van der Waals surface area contributed by atoms with E-state index in [1.807, 2.05) is 0 Å². The molecule has 1 aromatic heterocycles. The zero-order valence-corrected chi connectivity index (χ0v) is 18.2. The molecule has 2 N–H and O–H groups in total. The molecule has 0 aliphatic rings. The van der Waals surface area contributed by atoms with Gasteiger partial charge in [-0.05, 0) is 25.1 Å². The largest absolute Gasteiger partial charge is 0.480 e. The van der Waals surface area contributed by atoms with Gasteiger partial charge in [0.05, 0.1) is 16.3 Å². The van der Waals surface area contributed by atoms with Gasteiger partial charge in [0, 0.05) is 13.1 Å². The standard InChI is InChI=1S/C20H16ClF5N4O4/c1-9(20(24,25)26)34-15-7-14(30-19(33)29(2)16(8-31)28-30)13(23)6-10(15)18(32)27-17-11(21)4-3-5-12(17)22/h3-7,9,31H,8H2,1-2H3,(H,27,32)/t9-/m0/s1. The quantitative estimate of drug-likeness (QED) is 0.498. The van der Waals surface area contributed by atoms with E-state index in [-0.39, 0.29) is 10.8 Å². The third-order valence-electron chi connectivity index (χ3n) is 4.70. The molecule has 34 heavy (non-hydrogen) atoms. The monoisotopic (exact) mass is 506 g/mol. The Bertz CT molecular complexity index is 1290. The summed E-state index contributed by atoms with van der Waals surface area (Å²) in [7, 11) is 1.23. The number of hydrogen-bond acceptors (Lipinski definition) is 5. The minimum absolute atomic E-state index is 0.161. The summed E-state index contributed by atoms with van der Waals surface area (Å²) in [5, 5.41) is 14.8. The van der Waals surface area contributed by atoms with Gasteiger partial charge in [0.25, 0.3) is 5.91 Å². The van der Waals surface area contributed by atoms with Crippen LogP contribution in [0.3, 0.4) is 0 Å². The van der Waals surface area contributed by atoms with Gasteiger partial charge in [0.1, 0.15) is 29.7 Å². The lowest BCUT2D eigenvalue weighted by molar-refractivity contribution is -0.189. The Kier molecular flexibility index (Phi) is 6.98. The van der Waals surface area contributed by atoms with Crippen molar-refractivity contribution in [2.45, 2.75) is 25.8 Å². The molecule has 8 nitrogen and oxygen atoms in total. The van der Waals surface area contributed by atoms with Gasteiger partial charge in [0.15, 0.2) is 11.9 Å². The van der Waals surface area contributed by atoms with Crippen molar-refractivity contribution >= 4 is 23.2 Å². The molecule has 0 fully saturated rings. The van der Waals surface area contributed by atoms with Gasteiger partial charge in [-0.2, -0.15) is 17.9 Å². The number of para-hydroxylation sites is 1.